The van der Waals surface area contributed by atoms with E-state index in [1.165, 1.54) is 11.1 Å². The summed E-state index contributed by atoms with van der Waals surface area (Å²) < 4.78 is 34.8. The highest BCUT2D eigenvalue weighted by molar-refractivity contribution is 7.90. The Morgan fingerprint density at radius 3 is 2.36 bits per heavy atom. The lowest BCUT2D eigenvalue weighted by molar-refractivity contribution is -0.119. The second-order valence-corrected chi connectivity index (χ2v) is 9.98. The Hall–Kier alpha value is -4.02. The summed E-state index contributed by atoms with van der Waals surface area (Å²) in [6, 6.07) is 21.8. The Balaban J connectivity index is 1.56. The summed E-state index contributed by atoms with van der Waals surface area (Å²) in [7, 11) is -1.08. The monoisotopic (exact) mass is 506 g/mol. The molecule has 0 radical (unpaired) electrons. The van der Waals surface area contributed by atoms with Gasteiger partial charge in [-0.1, -0.05) is 48.5 Å². The summed E-state index contributed by atoms with van der Waals surface area (Å²) in [6.07, 6.45) is 1.61. The minimum Gasteiger partial charge on any atom is -0.497 e. The number of para-hydroxylation sites is 1. The smallest absolute Gasteiger partial charge is 0.264 e. The van der Waals surface area contributed by atoms with E-state index >= 15 is 0 Å². The first-order valence-electron chi connectivity index (χ1n) is 11.2. The molecule has 1 amide bonds. The number of hydrogen-bond acceptors (Lipinski definition) is 6. The summed E-state index contributed by atoms with van der Waals surface area (Å²) in [6.45, 7) is 0. The van der Waals surface area contributed by atoms with Crippen LogP contribution in [0.25, 0.3) is 10.9 Å². The standard InChI is InChI=1S/C26H26N4O5S/c1-29(21-12-14-22(35-2)15-13-21)26(32)23(16-19-8-4-3-5-9-19)28-36(33,34)18-25(31)30-24-11-7-6-10-20(24)17-27-30/h3-15,17,23,28H,16,18H2,1-2H3/t23-/m0/s1. The predicted octanol–water partition coefficient (Wildman–Crippen LogP) is 2.88. The van der Waals surface area contributed by atoms with Gasteiger partial charge in [-0.3, -0.25) is 9.59 Å². The van der Waals surface area contributed by atoms with Gasteiger partial charge < -0.3 is 9.64 Å². The number of benzene rings is 3. The van der Waals surface area contributed by atoms with E-state index < -0.39 is 33.6 Å². The van der Waals surface area contributed by atoms with Gasteiger partial charge in [-0.2, -0.15) is 9.78 Å². The van der Waals surface area contributed by atoms with Gasteiger partial charge in [-0.05, 0) is 42.3 Å². The lowest BCUT2D eigenvalue weighted by Crippen LogP contribution is -2.50. The molecule has 186 valence electrons. The molecule has 1 atom stereocenters. The maximum atomic E-state index is 13.4. The molecular weight excluding hydrogens is 480 g/mol. The molecule has 0 aliphatic heterocycles. The van der Waals surface area contributed by atoms with Crippen LogP contribution in [0.2, 0.25) is 0 Å². The number of fused-ring (bicyclic) bond motifs is 1. The van der Waals surface area contributed by atoms with Gasteiger partial charge in [0.1, 0.15) is 17.5 Å². The number of aromatic nitrogens is 2. The fourth-order valence-corrected chi connectivity index (χ4v) is 5.00. The number of carbonyl (C=O) groups is 2. The van der Waals surface area contributed by atoms with Crippen LogP contribution in [0.4, 0.5) is 5.69 Å². The van der Waals surface area contributed by atoms with Crippen LogP contribution in [0.15, 0.2) is 85.1 Å². The zero-order valence-corrected chi connectivity index (χ0v) is 20.7. The van der Waals surface area contributed by atoms with Crippen molar-refractivity contribution < 1.29 is 22.7 Å². The molecule has 4 aromatic rings. The largest absolute Gasteiger partial charge is 0.497 e. The van der Waals surface area contributed by atoms with Crippen LogP contribution in [0.5, 0.6) is 5.75 Å². The Bertz CT molecular complexity index is 1470. The normalized spacial score (nSPS) is 12.3. The second-order valence-electron chi connectivity index (χ2n) is 8.22. The third-order valence-corrected chi connectivity index (χ3v) is 6.99. The van der Waals surface area contributed by atoms with E-state index in [0.717, 1.165) is 15.6 Å². The van der Waals surface area contributed by atoms with Gasteiger partial charge in [0.05, 0.1) is 18.8 Å². The number of ether oxygens (including phenoxy) is 1. The van der Waals surface area contributed by atoms with E-state index in [4.69, 9.17) is 4.74 Å². The highest BCUT2D eigenvalue weighted by Gasteiger charge is 2.30. The van der Waals surface area contributed by atoms with Crippen molar-refractivity contribution in [1.29, 1.82) is 0 Å². The van der Waals surface area contributed by atoms with Crippen molar-refractivity contribution in [2.24, 2.45) is 0 Å². The zero-order valence-electron chi connectivity index (χ0n) is 19.9. The van der Waals surface area contributed by atoms with E-state index in [1.807, 2.05) is 30.3 Å². The molecule has 0 fully saturated rings. The van der Waals surface area contributed by atoms with Gasteiger partial charge in [0.25, 0.3) is 5.91 Å². The van der Waals surface area contributed by atoms with Crippen molar-refractivity contribution >= 4 is 38.4 Å². The van der Waals surface area contributed by atoms with Crippen LogP contribution >= 0.6 is 0 Å². The number of anilines is 1. The number of likely N-dealkylation sites (N-methyl/N-ethyl adjacent to an activating group) is 1. The molecule has 0 unspecified atom stereocenters. The molecule has 1 heterocycles. The van der Waals surface area contributed by atoms with Crippen LogP contribution in [0.3, 0.4) is 0 Å². The number of nitrogens with one attached hydrogen (secondary N) is 1. The van der Waals surface area contributed by atoms with Crippen molar-refractivity contribution in [2.45, 2.75) is 12.5 Å². The predicted molar refractivity (Wildman–Crippen MR) is 138 cm³/mol. The number of hydrogen-bond donors (Lipinski definition) is 1. The molecule has 1 N–H and O–H groups in total. The van der Waals surface area contributed by atoms with Gasteiger partial charge in [0.15, 0.2) is 0 Å². The highest BCUT2D eigenvalue weighted by Crippen LogP contribution is 2.20. The molecule has 0 saturated heterocycles. The van der Waals surface area contributed by atoms with E-state index in [2.05, 4.69) is 9.82 Å². The van der Waals surface area contributed by atoms with Crippen molar-refractivity contribution in [3.63, 3.8) is 0 Å². The minimum absolute atomic E-state index is 0.109. The molecule has 4 rings (SSSR count). The molecule has 1 aromatic heterocycles. The average Bonchev–Trinajstić information content (AvgIpc) is 3.32. The summed E-state index contributed by atoms with van der Waals surface area (Å²) >= 11 is 0. The van der Waals surface area contributed by atoms with Gasteiger partial charge in [0.2, 0.25) is 15.9 Å². The van der Waals surface area contributed by atoms with Gasteiger partial charge in [-0.25, -0.2) is 13.1 Å². The Morgan fingerprint density at radius 2 is 1.67 bits per heavy atom. The number of nitrogens with zero attached hydrogens (tertiary/aromatic N) is 3. The topological polar surface area (TPSA) is 111 Å². The SMILES string of the molecule is COc1ccc(N(C)C(=O)[C@H](Cc2ccccc2)NS(=O)(=O)CC(=O)n2ncc3ccccc32)cc1. The summed E-state index contributed by atoms with van der Waals surface area (Å²) in [4.78, 5) is 27.6. The molecule has 0 bridgehead atoms. The van der Waals surface area contributed by atoms with Crippen LogP contribution < -0.4 is 14.4 Å². The quantitative estimate of drug-likeness (QED) is 0.374. The van der Waals surface area contributed by atoms with Crippen molar-refractivity contribution in [3.8, 4) is 5.75 Å². The van der Waals surface area contributed by atoms with E-state index in [1.54, 1.807) is 62.7 Å². The molecular formula is C26H26N4O5S. The van der Waals surface area contributed by atoms with Crippen LogP contribution in [-0.2, 0) is 21.2 Å². The maximum Gasteiger partial charge on any atom is 0.264 e. The summed E-state index contributed by atoms with van der Waals surface area (Å²) in [5, 5.41) is 4.75. The van der Waals surface area contributed by atoms with Crippen LogP contribution in [0.1, 0.15) is 10.4 Å². The lowest BCUT2D eigenvalue weighted by atomic mass is 10.1. The highest BCUT2D eigenvalue weighted by atomic mass is 32.2. The third kappa shape index (κ3) is 5.78. The first-order chi connectivity index (χ1) is 17.3. The number of carbonyl (C=O) groups excluding carboxylic acids is 2. The number of methoxy groups -OCH3 is 1. The Labute approximate surface area is 209 Å². The van der Waals surface area contributed by atoms with Crippen molar-refractivity contribution in [1.82, 2.24) is 14.5 Å². The van der Waals surface area contributed by atoms with Crippen LogP contribution in [0, 0.1) is 0 Å². The number of amides is 1. The summed E-state index contributed by atoms with van der Waals surface area (Å²) in [5.74, 6) is -1.42. The van der Waals surface area contributed by atoms with Crippen LogP contribution in [-0.4, -0.2) is 56.0 Å². The lowest BCUT2D eigenvalue weighted by Gasteiger charge is -2.25. The average molecular weight is 507 g/mol. The van der Waals surface area contributed by atoms with E-state index in [9.17, 15) is 18.0 Å². The first kappa shape index (κ1) is 25.1. The molecule has 36 heavy (non-hydrogen) atoms. The molecule has 10 heteroatoms. The third-order valence-electron chi connectivity index (χ3n) is 5.72. The number of sulfonamides is 1. The van der Waals surface area contributed by atoms with Crippen molar-refractivity contribution in [2.75, 3.05) is 24.8 Å². The zero-order chi connectivity index (χ0) is 25.7. The minimum atomic E-state index is -4.19. The Morgan fingerprint density at radius 1 is 1.00 bits per heavy atom. The first-order valence-corrected chi connectivity index (χ1v) is 12.8. The number of rotatable bonds is 9. The molecule has 9 nitrogen and oxygen atoms in total. The Kier molecular flexibility index (Phi) is 7.47. The molecule has 0 aliphatic rings. The molecule has 0 saturated carbocycles. The maximum absolute atomic E-state index is 13.4. The molecule has 3 aromatic carbocycles. The fourth-order valence-electron chi connectivity index (χ4n) is 3.85. The van der Waals surface area contributed by atoms with Crippen molar-refractivity contribution in [3.05, 3.63) is 90.6 Å². The second kappa shape index (κ2) is 10.7. The van der Waals surface area contributed by atoms with Gasteiger partial charge in [0, 0.05) is 18.1 Å². The molecule has 0 spiro atoms. The van der Waals surface area contributed by atoms with Gasteiger partial charge >= 0.3 is 0 Å². The van der Waals surface area contributed by atoms with Gasteiger partial charge in [-0.15, -0.1) is 0 Å². The van der Waals surface area contributed by atoms with E-state index in [-0.39, 0.29) is 6.42 Å². The fraction of sp³-hybridized carbons (Fsp3) is 0.192. The molecule has 0 aliphatic carbocycles. The van der Waals surface area contributed by atoms with E-state index in [0.29, 0.717) is 17.0 Å². The summed E-state index contributed by atoms with van der Waals surface area (Å²) in [5.41, 5.74) is 1.84.